The third-order valence-corrected chi connectivity index (χ3v) is 5.19. The van der Waals surface area contributed by atoms with Crippen LogP contribution in [0.4, 0.5) is 0 Å². The molecule has 0 spiro atoms. The van der Waals surface area contributed by atoms with Crippen LogP contribution in [0.1, 0.15) is 15.9 Å². The molecule has 1 aromatic heterocycles. The van der Waals surface area contributed by atoms with Gasteiger partial charge in [0.25, 0.3) is 5.91 Å². The van der Waals surface area contributed by atoms with Crippen molar-refractivity contribution in [2.45, 2.75) is 6.92 Å². The highest BCUT2D eigenvalue weighted by Gasteiger charge is 2.20. The van der Waals surface area contributed by atoms with Crippen LogP contribution in [0.3, 0.4) is 0 Å². The third-order valence-electron chi connectivity index (χ3n) is 5.19. The Hall–Kier alpha value is -2.72. The van der Waals surface area contributed by atoms with Crippen molar-refractivity contribution in [3.8, 4) is 11.3 Å². The summed E-state index contributed by atoms with van der Waals surface area (Å²) in [6, 6.07) is 16.4. The number of benzene rings is 2. The van der Waals surface area contributed by atoms with Crippen molar-refractivity contribution in [3.63, 3.8) is 0 Å². The number of amides is 1. The monoisotopic (exact) mass is 345 g/mol. The lowest BCUT2D eigenvalue weighted by atomic mass is 10.0. The van der Waals surface area contributed by atoms with Crippen LogP contribution in [0.25, 0.3) is 22.0 Å². The fourth-order valence-electron chi connectivity index (χ4n) is 3.52. The van der Waals surface area contributed by atoms with E-state index in [1.807, 2.05) is 17.0 Å². The number of aromatic nitrogens is 1. The van der Waals surface area contributed by atoms with Crippen LogP contribution < -0.4 is 0 Å². The van der Waals surface area contributed by atoms with Crippen LogP contribution in [-0.2, 0) is 0 Å². The smallest absolute Gasteiger partial charge is 0.254 e. The highest BCUT2D eigenvalue weighted by atomic mass is 16.2. The first-order chi connectivity index (χ1) is 12.6. The zero-order valence-corrected chi connectivity index (χ0v) is 15.3. The Kier molecular flexibility index (Phi) is 4.43. The molecule has 0 unspecified atom stereocenters. The molecule has 1 aliphatic rings. The number of carbonyl (C=O) groups excluding carboxylic acids is 1. The topological polar surface area (TPSA) is 36.4 Å². The molecule has 0 N–H and O–H groups in total. The Bertz CT molecular complexity index is 959. The van der Waals surface area contributed by atoms with Crippen molar-refractivity contribution in [2.24, 2.45) is 0 Å². The van der Waals surface area contributed by atoms with Gasteiger partial charge in [-0.2, -0.15) is 0 Å². The van der Waals surface area contributed by atoms with Gasteiger partial charge >= 0.3 is 0 Å². The van der Waals surface area contributed by atoms with Gasteiger partial charge in [0.2, 0.25) is 0 Å². The minimum atomic E-state index is 0.0957. The standard InChI is InChI=1S/C22H23N3O/c1-16-4-3-5-17-14-18(6-7-20(16)17)21-15-19(8-9-23-21)22(26)25-12-10-24(2)11-13-25/h3-9,14-15H,10-13H2,1-2H3. The van der Waals surface area contributed by atoms with Crippen molar-refractivity contribution < 1.29 is 4.79 Å². The summed E-state index contributed by atoms with van der Waals surface area (Å²) in [4.78, 5) is 21.5. The van der Waals surface area contributed by atoms with E-state index in [4.69, 9.17) is 0 Å². The van der Waals surface area contributed by atoms with E-state index in [2.05, 4.69) is 60.3 Å². The molecule has 132 valence electrons. The van der Waals surface area contributed by atoms with Gasteiger partial charge in [-0.1, -0.05) is 30.3 Å². The van der Waals surface area contributed by atoms with E-state index in [0.717, 1.165) is 37.4 Å². The molecule has 0 bridgehead atoms. The van der Waals surface area contributed by atoms with Crippen molar-refractivity contribution in [1.82, 2.24) is 14.8 Å². The lowest BCUT2D eigenvalue weighted by Gasteiger charge is -2.32. The zero-order valence-electron chi connectivity index (χ0n) is 15.3. The second-order valence-corrected chi connectivity index (χ2v) is 7.04. The van der Waals surface area contributed by atoms with Gasteiger partial charge in [0.1, 0.15) is 0 Å². The largest absolute Gasteiger partial charge is 0.336 e. The number of pyridine rings is 1. The van der Waals surface area contributed by atoms with Crippen LogP contribution in [0.2, 0.25) is 0 Å². The maximum atomic E-state index is 12.8. The first-order valence-corrected chi connectivity index (χ1v) is 9.05. The summed E-state index contributed by atoms with van der Waals surface area (Å²) < 4.78 is 0. The fourth-order valence-corrected chi connectivity index (χ4v) is 3.52. The molecule has 2 heterocycles. The van der Waals surface area contributed by atoms with E-state index in [-0.39, 0.29) is 5.91 Å². The lowest BCUT2D eigenvalue weighted by molar-refractivity contribution is 0.0664. The molecule has 4 rings (SSSR count). The number of likely N-dealkylation sites (N-methyl/N-ethyl adjacent to an activating group) is 1. The minimum Gasteiger partial charge on any atom is -0.336 e. The first-order valence-electron chi connectivity index (χ1n) is 9.05. The average Bonchev–Trinajstić information content (AvgIpc) is 2.68. The number of fused-ring (bicyclic) bond motifs is 1. The highest BCUT2D eigenvalue weighted by Crippen LogP contribution is 2.25. The summed E-state index contributed by atoms with van der Waals surface area (Å²) in [5.41, 5.74) is 3.86. The molecular weight excluding hydrogens is 322 g/mol. The van der Waals surface area contributed by atoms with Crippen molar-refractivity contribution in [2.75, 3.05) is 33.2 Å². The lowest BCUT2D eigenvalue weighted by Crippen LogP contribution is -2.47. The molecule has 0 radical (unpaired) electrons. The summed E-state index contributed by atoms with van der Waals surface area (Å²) in [7, 11) is 2.09. The van der Waals surface area contributed by atoms with E-state index in [0.29, 0.717) is 5.56 Å². The summed E-state index contributed by atoms with van der Waals surface area (Å²) in [5, 5.41) is 2.45. The molecular formula is C22H23N3O. The summed E-state index contributed by atoms with van der Waals surface area (Å²) in [6.45, 7) is 5.53. The molecule has 1 saturated heterocycles. The van der Waals surface area contributed by atoms with Crippen LogP contribution in [0, 0.1) is 6.92 Å². The SMILES string of the molecule is Cc1cccc2cc(-c3cc(C(=O)N4CCN(C)CC4)ccn3)ccc12. The predicted molar refractivity (Wildman–Crippen MR) is 105 cm³/mol. The molecule has 26 heavy (non-hydrogen) atoms. The Morgan fingerprint density at radius 2 is 1.81 bits per heavy atom. The van der Waals surface area contributed by atoms with E-state index < -0.39 is 0 Å². The van der Waals surface area contributed by atoms with Crippen molar-refractivity contribution in [3.05, 3.63) is 65.9 Å². The second-order valence-electron chi connectivity index (χ2n) is 7.04. The number of aryl methyl sites for hydroxylation is 1. The summed E-state index contributed by atoms with van der Waals surface area (Å²) in [5.74, 6) is 0.0957. The fraction of sp³-hybridized carbons (Fsp3) is 0.273. The van der Waals surface area contributed by atoms with Gasteiger partial charge in [-0.05, 0) is 48.5 Å². The van der Waals surface area contributed by atoms with E-state index in [1.165, 1.54) is 16.3 Å². The normalized spacial score (nSPS) is 15.4. The van der Waals surface area contributed by atoms with E-state index in [9.17, 15) is 4.79 Å². The van der Waals surface area contributed by atoms with Crippen LogP contribution in [0.15, 0.2) is 54.7 Å². The summed E-state index contributed by atoms with van der Waals surface area (Å²) in [6.07, 6.45) is 1.74. The minimum absolute atomic E-state index is 0.0957. The zero-order chi connectivity index (χ0) is 18.1. The number of hydrogen-bond acceptors (Lipinski definition) is 3. The number of hydrogen-bond donors (Lipinski definition) is 0. The second kappa shape index (κ2) is 6.89. The molecule has 3 aromatic rings. The number of carbonyl (C=O) groups is 1. The van der Waals surface area contributed by atoms with Crippen LogP contribution >= 0.6 is 0 Å². The van der Waals surface area contributed by atoms with Gasteiger partial charge in [-0.3, -0.25) is 9.78 Å². The number of piperazine rings is 1. The summed E-state index contributed by atoms with van der Waals surface area (Å²) >= 11 is 0. The van der Waals surface area contributed by atoms with Crippen molar-refractivity contribution >= 4 is 16.7 Å². The molecule has 1 amide bonds. The van der Waals surface area contributed by atoms with Gasteiger partial charge in [0, 0.05) is 43.5 Å². The number of nitrogens with zero attached hydrogens (tertiary/aromatic N) is 3. The molecule has 0 atom stereocenters. The van der Waals surface area contributed by atoms with Crippen LogP contribution in [0.5, 0.6) is 0 Å². The Balaban J connectivity index is 1.64. The molecule has 2 aromatic carbocycles. The quantitative estimate of drug-likeness (QED) is 0.712. The van der Waals surface area contributed by atoms with Gasteiger partial charge in [0.15, 0.2) is 0 Å². The van der Waals surface area contributed by atoms with Gasteiger partial charge < -0.3 is 9.80 Å². The van der Waals surface area contributed by atoms with Crippen LogP contribution in [-0.4, -0.2) is 53.9 Å². The molecule has 4 heteroatoms. The van der Waals surface area contributed by atoms with Gasteiger partial charge in [0.05, 0.1) is 5.69 Å². The molecule has 0 saturated carbocycles. The highest BCUT2D eigenvalue weighted by molar-refractivity contribution is 5.96. The average molecular weight is 345 g/mol. The Morgan fingerprint density at radius 1 is 1.00 bits per heavy atom. The maximum Gasteiger partial charge on any atom is 0.254 e. The van der Waals surface area contributed by atoms with Gasteiger partial charge in [-0.25, -0.2) is 0 Å². The first kappa shape index (κ1) is 16.7. The molecule has 1 fully saturated rings. The van der Waals surface area contributed by atoms with Crippen molar-refractivity contribution in [1.29, 1.82) is 0 Å². The molecule has 0 aliphatic carbocycles. The van der Waals surface area contributed by atoms with E-state index in [1.54, 1.807) is 6.20 Å². The maximum absolute atomic E-state index is 12.8. The predicted octanol–water partition coefficient (Wildman–Crippen LogP) is 3.60. The van der Waals surface area contributed by atoms with E-state index >= 15 is 0 Å². The Labute approximate surface area is 154 Å². The Morgan fingerprint density at radius 3 is 2.62 bits per heavy atom. The number of rotatable bonds is 2. The van der Waals surface area contributed by atoms with Gasteiger partial charge in [-0.15, -0.1) is 0 Å². The molecule has 1 aliphatic heterocycles. The third kappa shape index (κ3) is 3.20. The molecule has 4 nitrogen and oxygen atoms in total.